The first-order valence-electron chi connectivity index (χ1n) is 10.5. The molecule has 0 saturated carbocycles. The number of nitrogens with zero attached hydrogens (tertiary/aromatic N) is 1. The van der Waals surface area contributed by atoms with Crippen molar-refractivity contribution < 1.29 is 18.0 Å². The van der Waals surface area contributed by atoms with Crippen LogP contribution in [0.1, 0.15) is 29.8 Å². The van der Waals surface area contributed by atoms with Gasteiger partial charge in [-0.05, 0) is 59.6 Å². The molecule has 1 saturated heterocycles. The first-order valence-corrected chi connectivity index (χ1v) is 10.5. The van der Waals surface area contributed by atoms with Gasteiger partial charge in [-0.1, -0.05) is 43.3 Å². The van der Waals surface area contributed by atoms with Gasteiger partial charge in [-0.25, -0.2) is 0 Å². The van der Waals surface area contributed by atoms with Crippen molar-refractivity contribution in [3.8, 4) is 11.1 Å². The van der Waals surface area contributed by atoms with Crippen LogP contribution in [-0.4, -0.2) is 36.5 Å². The maximum Gasteiger partial charge on any atom is 0.416 e. The molecule has 6 heteroatoms. The normalized spacial score (nSPS) is 16.2. The summed E-state index contributed by atoms with van der Waals surface area (Å²) >= 11 is 0. The topological polar surface area (TPSA) is 32.3 Å². The molecule has 0 radical (unpaired) electrons. The minimum Gasteiger partial charge on any atom is -0.349 e. The molecule has 0 aliphatic carbocycles. The lowest BCUT2D eigenvalue weighted by atomic mass is 9.92. The summed E-state index contributed by atoms with van der Waals surface area (Å²) in [6, 6.07) is 16.4. The molecule has 3 nitrogen and oxygen atoms in total. The van der Waals surface area contributed by atoms with E-state index in [0.29, 0.717) is 17.0 Å². The summed E-state index contributed by atoms with van der Waals surface area (Å²) < 4.78 is 38.6. The minimum atomic E-state index is -4.36. The van der Waals surface area contributed by atoms with E-state index in [9.17, 15) is 18.0 Å². The number of hydrogen-bond donors (Lipinski definition) is 1. The predicted molar refractivity (Wildman–Crippen MR) is 117 cm³/mol. The van der Waals surface area contributed by atoms with E-state index in [1.807, 2.05) is 37.3 Å². The molecule has 1 fully saturated rings. The third-order valence-electron chi connectivity index (χ3n) is 6.16. The van der Waals surface area contributed by atoms with Crippen LogP contribution in [0.4, 0.5) is 13.2 Å². The molecule has 4 rings (SSSR count). The standard InChI is InChI=1S/C25H25F3N2O/c1-3-30-14-20(15-30)16(2)29-24(31)19-9-12-23-18(13-19)5-4-6-22(23)17-7-10-21(11-8-17)25(26,27)28/h4-13,16,20H,3,14-15H2,1-2H3,(H,29,31)/t16-/m0/s1. The van der Waals surface area contributed by atoms with Crippen molar-refractivity contribution in [1.82, 2.24) is 10.2 Å². The zero-order valence-electron chi connectivity index (χ0n) is 17.5. The summed E-state index contributed by atoms with van der Waals surface area (Å²) in [4.78, 5) is 15.1. The number of nitrogens with one attached hydrogen (secondary N) is 1. The van der Waals surface area contributed by atoms with Crippen molar-refractivity contribution in [2.45, 2.75) is 26.1 Å². The molecule has 31 heavy (non-hydrogen) atoms. The Labute approximate surface area is 179 Å². The van der Waals surface area contributed by atoms with E-state index in [2.05, 4.69) is 17.1 Å². The average Bonchev–Trinajstić information content (AvgIpc) is 2.71. The number of carbonyl (C=O) groups excluding carboxylic acids is 1. The summed E-state index contributed by atoms with van der Waals surface area (Å²) in [7, 11) is 0. The highest BCUT2D eigenvalue weighted by Gasteiger charge is 2.31. The van der Waals surface area contributed by atoms with E-state index in [1.54, 1.807) is 6.07 Å². The Morgan fingerprint density at radius 2 is 1.81 bits per heavy atom. The van der Waals surface area contributed by atoms with Crippen LogP contribution in [0.2, 0.25) is 0 Å². The van der Waals surface area contributed by atoms with Crippen molar-refractivity contribution in [3.05, 3.63) is 71.8 Å². The maximum atomic E-state index is 12.9. The van der Waals surface area contributed by atoms with E-state index in [-0.39, 0.29) is 11.9 Å². The molecule has 0 unspecified atom stereocenters. The summed E-state index contributed by atoms with van der Waals surface area (Å²) in [6.45, 7) is 7.22. The summed E-state index contributed by atoms with van der Waals surface area (Å²) in [5.41, 5.74) is 1.45. The second-order valence-corrected chi connectivity index (χ2v) is 8.19. The number of alkyl halides is 3. The molecule has 1 heterocycles. The van der Waals surface area contributed by atoms with Crippen LogP contribution in [0.5, 0.6) is 0 Å². The lowest BCUT2D eigenvalue weighted by Crippen LogP contribution is -2.55. The van der Waals surface area contributed by atoms with Gasteiger partial charge in [0.1, 0.15) is 0 Å². The van der Waals surface area contributed by atoms with Crippen LogP contribution < -0.4 is 5.32 Å². The fourth-order valence-corrected chi connectivity index (χ4v) is 4.11. The molecule has 0 spiro atoms. The molecule has 1 aliphatic heterocycles. The molecular weight excluding hydrogens is 401 g/mol. The third-order valence-corrected chi connectivity index (χ3v) is 6.16. The van der Waals surface area contributed by atoms with Crippen LogP contribution in [0.25, 0.3) is 21.9 Å². The molecular formula is C25H25F3N2O. The number of amides is 1. The van der Waals surface area contributed by atoms with E-state index in [0.717, 1.165) is 48.1 Å². The molecule has 3 aromatic carbocycles. The Bertz CT molecular complexity index is 1090. The average molecular weight is 426 g/mol. The number of halogens is 3. The lowest BCUT2D eigenvalue weighted by molar-refractivity contribution is -0.137. The summed E-state index contributed by atoms with van der Waals surface area (Å²) in [6.07, 6.45) is -4.36. The quantitative estimate of drug-likeness (QED) is 0.576. The summed E-state index contributed by atoms with van der Waals surface area (Å²) in [5, 5.41) is 4.87. The van der Waals surface area contributed by atoms with E-state index in [4.69, 9.17) is 0 Å². The van der Waals surface area contributed by atoms with Gasteiger partial charge >= 0.3 is 6.18 Å². The zero-order valence-corrected chi connectivity index (χ0v) is 17.5. The number of benzene rings is 3. The van der Waals surface area contributed by atoms with Gasteiger partial charge in [-0.2, -0.15) is 13.2 Å². The van der Waals surface area contributed by atoms with Crippen LogP contribution in [0.15, 0.2) is 60.7 Å². The maximum absolute atomic E-state index is 12.9. The molecule has 162 valence electrons. The van der Waals surface area contributed by atoms with Crippen LogP contribution >= 0.6 is 0 Å². The van der Waals surface area contributed by atoms with E-state index >= 15 is 0 Å². The van der Waals surface area contributed by atoms with Crippen molar-refractivity contribution >= 4 is 16.7 Å². The highest BCUT2D eigenvalue weighted by molar-refractivity contribution is 6.02. The molecule has 0 bridgehead atoms. The van der Waals surface area contributed by atoms with Gasteiger partial charge in [0.05, 0.1) is 5.56 Å². The highest BCUT2D eigenvalue weighted by Crippen LogP contribution is 2.33. The predicted octanol–water partition coefficient (Wildman–Crippen LogP) is 5.60. The molecule has 1 amide bonds. The van der Waals surface area contributed by atoms with Crippen molar-refractivity contribution in [3.63, 3.8) is 0 Å². The van der Waals surface area contributed by atoms with Crippen molar-refractivity contribution in [2.24, 2.45) is 5.92 Å². The monoisotopic (exact) mass is 426 g/mol. The largest absolute Gasteiger partial charge is 0.416 e. The fourth-order valence-electron chi connectivity index (χ4n) is 4.11. The van der Waals surface area contributed by atoms with E-state index < -0.39 is 11.7 Å². The fraction of sp³-hybridized carbons (Fsp3) is 0.320. The van der Waals surface area contributed by atoms with Crippen LogP contribution in [0, 0.1) is 5.92 Å². The Kier molecular flexibility index (Phi) is 5.75. The first kappa shape index (κ1) is 21.4. The SMILES string of the molecule is CCN1CC([C@H](C)NC(=O)c2ccc3c(-c4ccc(C(F)(F)F)cc4)cccc3c2)C1. The number of hydrogen-bond acceptors (Lipinski definition) is 2. The third kappa shape index (κ3) is 4.44. The summed E-state index contributed by atoms with van der Waals surface area (Å²) in [5.74, 6) is 0.361. The molecule has 3 aromatic rings. The Morgan fingerprint density at radius 3 is 2.45 bits per heavy atom. The van der Waals surface area contributed by atoms with Crippen LogP contribution in [0.3, 0.4) is 0 Å². The van der Waals surface area contributed by atoms with Crippen molar-refractivity contribution in [2.75, 3.05) is 19.6 Å². The molecule has 1 N–H and O–H groups in total. The number of fused-ring (bicyclic) bond motifs is 1. The first-order chi connectivity index (χ1) is 14.8. The van der Waals surface area contributed by atoms with E-state index in [1.165, 1.54) is 12.1 Å². The Balaban J connectivity index is 1.55. The van der Waals surface area contributed by atoms with Gasteiger partial charge in [0.25, 0.3) is 5.91 Å². The van der Waals surface area contributed by atoms with Gasteiger partial charge < -0.3 is 10.2 Å². The van der Waals surface area contributed by atoms with Crippen LogP contribution in [-0.2, 0) is 6.18 Å². The van der Waals surface area contributed by atoms with Gasteiger partial charge in [0.15, 0.2) is 0 Å². The second kappa shape index (κ2) is 8.35. The Hall–Kier alpha value is -2.86. The van der Waals surface area contributed by atoms with Gasteiger partial charge in [0, 0.05) is 30.6 Å². The van der Waals surface area contributed by atoms with Gasteiger partial charge in [-0.15, -0.1) is 0 Å². The molecule has 1 aliphatic rings. The molecule has 1 atom stereocenters. The molecule has 0 aromatic heterocycles. The highest BCUT2D eigenvalue weighted by atomic mass is 19.4. The van der Waals surface area contributed by atoms with Gasteiger partial charge in [-0.3, -0.25) is 4.79 Å². The Morgan fingerprint density at radius 1 is 1.10 bits per heavy atom. The zero-order chi connectivity index (χ0) is 22.2. The smallest absolute Gasteiger partial charge is 0.349 e. The second-order valence-electron chi connectivity index (χ2n) is 8.19. The minimum absolute atomic E-state index is 0.101. The number of carbonyl (C=O) groups is 1. The number of rotatable bonds is 5. The van der Waals surface area contributed by atoms with Crippen molar-refractivity contribution in [1.29, 1.82) is 0 Å². The lowest BCUT2D eigenvalue weighted by Gasteiger charge is -2.42. The van der Waals surface area contributed by atoms with Gasteiger partial charge in [0.2, 0.25) is 0 Å². The number of likely N-dealkylation sites (tertiary alicyclic amines) is 1.